The SMILES string of the molecule is CCC(C)(C)C(=O)O[C@H]1C[C@@H](C)C=C2C=C[C@H](C)[C@H](CCC(O)CC(O)CC(=O)O)[C@H]21. The summed E-state index contributed by atoms with van der Waals surface area (Å²) in [7, 11) is 0. The van der Waals surface area contributed by atoms with Gasteiger partial charge in [0.2, 0.25) is 0 Å². The molecular weight excluding hydrogens is 396 g/mol. The van der Waals surface area contributed by atoms with Gasteiger partial charge in [-0.25, -0.2) is 0 Å². The Bertz CT molecular complexity index is 694. The Kier molecular flexibility index (Phi) is 8.90. The number of carbonyl (C=O) groups excluding carboxylic acids is 1. The van der Waals surface area contributed by atoms with Crippen molar-refractivity contribution in [3.05, 3.63) is 23.8 Å². The highest BCUT2D eigenvalue weighted by atomic mass is 16.5. The third-order valence-electron chi connectivity index (χ3n) is 7.08. The summed E-state index contributed by atoms with van der Waals surface area (Å²) in [6, 6.07) is 0. The number of carboxylic acids is 1. The van der Waals surface area contributed by atoms with E-state index in [4.69, 9.17) is 9.84 Å². The fourth-order valence-corrected chi connectivity index (χ4v) is 4.76. The molecule has 0 aromatic heterocycles. The summed E-state index contributed by atoms with van der Waals surface area (Å²) in [5.41, 5.74) is 0.682. The van der Waals surface area contributed by atoms with Crippen molar-refractivity contribution in [3.63, 3.8) is 0 Å². The van der Waals surface area contributed by atoms with Crippen LogP contribution in [0.3, 0.4) is 0 Å². The molecule has 2 aliphatic rings. The van der Waals surface area contributed by atoms with Crippen molar-refractivity contribution in [3.8, 4) is 0 Å². The minimum atomic E-state index is -1.07. The Balaban J connectivity index is 2.12. The highest BCUT2D eigenvalue weighted by molar-refractivity contribution is 5.76. The van der Waals surface area contributed by atoms with Crippen LogP contribution in [0.25, 0.3) is 0 Å². The number of rotatable bonds is 10. The molecule has 0 saturated heterocycles. The van der Waals surface area contributed by atoms with E-state index in [-0.39, 0.29) is 42.7 Å². The van der Waals surface area contributed by atoms with Crippen LogP contribution in [0.15, 0.2) is 23.8 Å². The number of aliphatic hydroxyl groups excluding tert-OH is 2. The Morgan fingerprint density at radius 2 is 1.90 bits per heavy atom. The summed E-state index contributed by atoms with van der Waals surface area (Å²) >= 11 is 0. The van der Waals surface area contributed by atoms with Gasteiger partial charge in [0.1, 0.15) is 6.10 Å². The smallest absolute Gasteiger partial charge is 0.311 e. The monoisotopic (exact) mass is 436 g/mol. The van der Waals surface area contributed by atoms with Gasteiger partial charge in [-0.05, 0) is 69.3 Å². The van der Waals surface area contributed by atoms with E-state index in [1.165, 1.54) is 5.57 Å². The highest BCUT2D eigenvalue weighted by Gasteiger charge is 2.42. The number of fused-ring (bicyclic) bond motifs is 1. The van der Waals surface area contributed by atoms with Crippen LogP contribution in [0.2, 0.25) is 0 Å². The number of aliphatic carboxylic acids is 1. The minimum Gasteiger partial charge on any atom is -0.481 e. The molecule has 7 atom stereocenters. The molecule has 0 fully saturated rings. The average Bonchev–Trinajstić information content (AvgIpc) is 2.66. The van der Waals surface area contributed by atoms with Crippen LogP contribution in [-0.2, 0) is 14.3 Å². The zero-order valence-electron chi connectivity index (χ0n) is 19.6. The predicted molar refractivity (Wildman–Crippen MR) is 119 cm³/mol. The molecule has 0 amide bonds. The van der Waals surface area contributed by atoms with E-state index >= 15 is 0 Å². The zero-order chi connectivity index (χ0) is 23.3. The van der Waals surface area contributed by atoms with Gasteiger partial charge in [0, 0.05) is 5.92 Å². The van der Waals surface area contributed by atoms with Crippen molar-refractivity contribution < 1.29 is 29.6 Å². The first-order valence-corrected chi connectivity index (χ1v) is 11.6. The molecule has 0 heterocycles. The summed E-state index contributed by atoms with van der Waals surface area (Å²) < 4.78 is 6.10. The van der Waals surface area contributed by atoms with Gasteiger partial charge in [-0.15, -0.1) is 0 Å². The van der Waals surface area contributed by atoms with E-state index in [1.807, 2.05) is 20.8 Å². The van der Waals surface area contributed by atoms with Crippen molar-refractivity contribution in [2.45, 2.75) is 91.5 Å². The molecular formula is C25H40O6. The molecule has 0 saturated carbocycles. The van der Waals surface area contributed by atoms with Crippen molar-refractivity contribution in [2.24, 2.45) is 29.1 Å². The Morgan fingerprint density at radius 3 is 2.52 bits per heavy atom. The quantitative estimate of drug-likeness (QED) is 0.445. The van der Waals surface area contributed by atoms with Gasteiger partial charge in [-0.1, -0.05) is 39.0 Å². The maximum absolute atomic E-state index is 12.8. The van der Waals surface area contributed by atoms with Crippen LogP contribution < -0.4 is 0 Å². The van der Waals surface area contributed by atoms with Crippen LogP contribution in [0.5, 0.6) is 0 Å². The number of carboxylic acid groups (broad SMARTS) is 1. The first kappa shape index (κ1) is 25.6. The molecule has 6 heteroatoms. The first-order chi connectivity index (χ1) is 14.4. The second-order valence-electron chi connectivity index (χ2n) is 10.2. The number of esters is 1. The van der Waals surface area contributed by atoms with Crippen LogP contribution in [0, 0.1) is 29.1 Å². The van der Waals surface area contributed by atoms with Gasteiger partial charge in [-0.3, -0.25) is 9.59 Å². The fourth-order valence-electron chi connectivity index (χ4n) is 4.76. The number of aliphatic hydroxyl groups is 2. The van der Waals surface area contributed by atoms with Gasteiger partial charge >= 0.3 is 11.9 Å². The molecule has 2 rings (SSSR count). The lowest BCUT2D eigenvalue weighted by molar-refractivity contribution is -0.164. The molecule has 0 radical (unpaired) electrons. The summed E-state index contributed by atoms with van der Waals surface area (Å²) in [6.45, 7) is 10.1. The van der Waals surface area contributed by atoms with E-state index in [0.29, 0.717) is 25.2 Å². The Morgan fingerprint density at radius 1 is 1.23 bits per heavy atom. The fraction of sp³-hybridized carbons (Fsp3) is 0.760. The predicted octanol–water partition coefficient (Wildman–Crippen LogP) is 4.11. The van der Waals surface area contributed by atoms with E-state index in [0.717, 1.165) is 6.42 Å². The standard InChI is InChI=1S/C25H40O6/c1-6-25(4,5)24(30)31-21-12-15(2)11-17-8-7-16(3)20(23(17)21)10-9-18(26)13-19(27)14-22(28)29/h7-8,11,15-16,18-21,23,26-27H,6,9-10,12-14H2,1-5H3,(H,28,29)/t15-,16-,18?,19?,20-,21-,23-/m0/s1. The van der Waals surface area contributed by atoms with Crippen molar-refractivity contribution >= 4 is 11.9 Å². The normalized spacial score (nSPS) is 30.2. The van der Waals surface area contributed by atoms with Gasteiger partial charge in [0.25, 0.3) is 0 Å². The van der Waals surface area contributed by atoms with E-state index in [9.17, 15) is 19.8 Å². The number of carbonyl (C=O) groups is 2. The molecule has 0 bridgehead atoms. The van der Waals surface area contributed by atoms with E-state index < -0.39 is 23.6 Å². The first-order valence-electron chi connectivity index (χ1n) is 11.6. The average molecular weight is 437 g/mol. The minimum absolute atomic E-state index is 0.0523. The number of ether oxygens (including phenoxy) is 1. The highest BCUT2D eigenvalue weighted by Crippen LogP contribution is 2.45. The number of allylic oxidation sites excluding steroid dienone is 3. The van der Waals surface area contributed by atoms with Crippen LogP contribution in [-0.4, -0.2) is 45.6 Å². The summed E-state index contributed by atoms with van der Waals surface area (Å²) in [5.74, 6) is -0.347. The molecule has 6 nitrogen and oxygen atoms in total. The molecule has 0 aromatic carbocycles. The third-order valence-corrected chi connectivity index (χ3v) is 7.08. The second kappa shape index (κ2) is 10.8. The second-order valence-corrected chi connectivity index (χ2v) is 10.2. The summed E-state index contributed by atoms with van der Waals surface area (Å²) in [4.78, 5) is 23.6. The van der Waals surface area contributed by atoms with E-state index in [2.05, 4.69) is 32.1 Å². The topological polar surface area (TPSA) is 104 Å². The molecule has 2 aliphatic carbocycles. The van der Waals surface area contributed by atoms with Gasteiger partial charge in [0.05, 0.1) is 24.0 Å². The van der Waals surface area contributed by atoms with Crippen molar-refractivity contribution in [2.75, 3.05) is 0 Å². The molecule has 31 heavy (non-hydrogen) atoms. The maximum Gasteiger partial charge on any atom is 0.311 e. The van der Waals surface area contributed by atoms with Crippen LogP contribution in [0.4, 0.5) is 0 Å². The third kappa shape index (κ3) is 6.91. The van der Waals surface area contributed by atoms with Crippen molar-refractivity contribution in [1.82, 2.24) is 0 Å². The lowest BCUT2D eigenvalue weighted by Gasteiger charge is -2.44. The van der Waals surface area contributed by atoms with Gasteiger partial charge < -0.3 is 20.1 Å². The van der Waals surface area contributed by atoms with Crippen LogP contribution >= 0.6 is 0 Å². The molecule has 0 aliphatic heterocycles. The molecule has 2 unspecified atom stereocenters. The van der Waals surface area contributed by atoms with Crippen LogP contribution in [0.1, 0.15) is 73.1 Å². The molecule has 176 valence electrons. The largest absolute Gasteiger partial charge is 0.481 e. The van der Waals surface area contributed by atoms with Gasteiger partial charge in [0.15, 0.2) is 0 Å². The zero-order valence-corrected chi connectivity index (χ0v) is 19.6. The number of hydrogen-bond donors (Lipinski definition) is 3. The lowest BCUT2D eigenvalue weighted by atomic mass is 9.65. The Hall–Kier alpha value is -1.66. The molecule has 3 N–H and O–H groups in total. The molecule has 0 aromatic rings. The maximum atomic E-state index is 12.8. The lowest BCUT2D eigenvalue weighted by Crippen LogP contribution is -2.43. The van der Waals surface area contributed by atoms with E-state index in [1.54, 1.807) is 0 Å². The summed E-state index contributed by atoms with van der Waals surface area (Å²) in [6.07, 6.45) is 6.98. The Labute approximate surface area is 186 Å². The number of hydrogen-bond acceptors (Lipinski definition) is 5. The summed E-state index contributed by atoms with van der Waals surface area (Å²) in [5, 5.41) is 29.0. The van der Waals surface area contributed by atoms with Crippen molar-refractivity contribution in [1.29, 1.82) is 0 Å². The molecule has 0 spiro atoms. The van der Waals surface area contributed by atoms with Gasteiger partial charge in [-0.2, -0.15) is 0 Å².